The smallest absolute Gasteiger partial charge is 0.174 e. The first-order valence-corrected chi connectivity index (χ1v) is 7.77. The summed E-state index contributed by atoms with van der Waals surface area (Å²) in [6, 6.07) is 0. The summed E-state index contributed by atoms with van der Waals surface area (Å²) in [6.07, 6.45) is 2.87. The van der Waals surface area contributed by atoms with E-state index in [2.05, 4.69) is 5.32 Å². The highest BCUT2D eigenvalue weighted by molar-refractivity contribution is 7.18. The molecule has 4 nitrogen and oxygen atoms in total. The molecule has 1 aromatic heterocycles. The van der Waals surface area contributed by atoms with Crippen LogP contribution in [0.3, 0.4) is 0 Å². The van der Waals surface area contributed by atoms with E-state index in [-0.39, 0.29) is 5.78 Å². The molecular weight excluding hydrogens is 260 g/mol. The summed E-state index contributed by atoms with van der Waals surface area (Å²) in [4.78, 5) is 12.6. The van der Waals surface area contributed by atoms with E-state index >= 15 is 0 Å². The van der Waals surface area contributed by atoms with E-state index in [4.69, 9.17) is 10.5 Å². The number of carbonyl (C=O) groups excluding carboxylic acids is 1. The molecule has 1 saturated carbocycles. The Balaban J connectivity index is 2.14. The van der Waals surface area contributed by atoms with Crippen molar-refractivity contribution < 1.29 is 9.53 Å². The zero-order valence-electron chi connectivity index (χ0n) is 11.6. The van der Waals surface area contributed by atoms with E-state index in [0.717, 1.165) is 23.0 Å². The third kappa shape index (κ3) is 3.28. The summed E-state index contributed by atoms with van der Waals surface area (Å²) in [5, 5.41) is 4.44. The lowest BCUT2D eigenvalue weighted by molar-refractivity contribution is 0.0993. The number of carbonyl (C=O) groups is 1. The summed E-state index contributed by atoms with van der Waals surface area (Å²) < 4.78 is 5.32. The lowest BCUT2D eigenvalue weighted by Crippen LogP contribution is -2.09. The minimum atomic E-state index is 0.141. The fourth-order valence-electron chi connectivity index (χ4n) is 2.11. The van der Waals surface area contributed by atoms with Gasteiger partial charge in [-0.2, -0.15) is 0 Å². The zero-order valence-corrected chi connectivity index (χ0v) is 12.4. The molecule has 0 radical (unpaired) electrons. The average molecular weight is 282 g/mol. The number of rotatable bonds is 8. The summed E-state index contributed by atoms with van der Waals surface area (Å²) in [5.41, 5.74) is 8.04. The van der Waals surface area contributed by atoms with E-state index < -0.39 is 0 Å². The van der Waals surface area contributed by atoms with Crippen LogP contribution in [-0.2, 0) is 4.74 Å². The number of anilines is 2. The first-order chi connectivity index (χ1) is 9.19. The molecule has 2 rings (SSSR count). The number of hydrogen-bond acceptors (Lipinski definition) is 5. The number of nitrogens with one attached hydrogen (secondary N) is 1. The van der Waals surface area contributed by atoms with Crippen molar-refractivity contribution in [3.63, 3.8) is 0 Å². The molecule has 0 amide bonds. The average Bonchev–Trinajstić information content (AvgIpc) is 3.19. The van der Waals surface area contributed by atoms with Crippen LogP contribution in [-0.4, -0.2) is 25.5 Å². The fraction of sp³-hybridized carbons (Fsp3) is 0.643. The Kier molecular flexibility index (Phi) is 4.82. The number of nitrogens with two attached hydrogens (primary N) is 1. The topological polar surface area (TPSA) is 64.3 Å². The van der Waals surface area contributed by atoms with Crippen molar-refractivity contribution >= 4 is 27.8 Å². The molecule has 1 aliphatic rings. The summed E-state index contributed by atoms with van der Waals surface area (Å²) >= 11 is 1.50. The Bertz CT molecular complexity index is 453. The number of hydrogen-bond donors (Lipinski definition) is 2. The van der Waals surface area contributed by atoms with E-state index in [1.807, 2.05) is 13.8 Å². The van der Waals surface area contributed by atoms with Gasteiger partial charge in [0.25, 0.3) is 0 Å². The standard InChI is InChI=1S/C14H22N2O2S/c1-3-10(17)13-12(15)11(9-5-6-9)14(19-13)16-7-8-18-4-2/h9,16H,3-8,15H2,1-2H3. The minimum Gasteiger partial charge on any atom is -0.397 e. The van der Waals surface area contributed by atoms with Crippen molar-refractivity contribution in [1.29, 1.82) is 0 Å². The Labute approximate surface area is 118 Å². The van der Waals surface area contributed by atoms with Gasteiger partial charge in [-0.25, -0.2) is 0 Å². The Morgan fingerprint density at radius 1 is 1.47 bits per heavy atom. The molecule has 0 atom stereocenters. The maximum Gasteiger partial charge on any atom is 0.174 e. The molecule has 1 aliphatic carbocycles. The minimum absolute atomic E-state index is 0.141. The van der Waals surface area contributed by atoms with Crippen LogP contribution in [0.2, 0.25) is 0 Å². The van der Waals surface area contributed by atoms with Crippen LogP contribution in [0.4, 0.5) is 10.7 Å². The second-order valence-electron chi connectivity index (χ2n) is 4.76. The van der Waals surface area contributed by atoms with Gasteiger partial charge in [0.1, 0.15) is 0 Å². The third-order valence-corrected chi connectivity index (χ3v) is 4.50. The van der Waals surface area contributed by atoms with Gasteiger partial charge in [-0.3, -0.25) is 4.79 Å². The molecular formula is C14H22N2O2S. The number of ether oxygens (including phenoxy) is 1. The zero-order chi connectivity index (χ0) is 13.8. The number of nitrogen functional groups attached to an aromatic ring is 1. The molecule has 0 saturated heterocycles. The van der Waals surface area contributed by atoms with Crippen molar-refractivity contribution in [1.82, 2.24) is 0 Å². The van der Waals surface area contributed by atoms with Crippen molar-refractivity contribution in [2.24, 2.45) is 0 Å². The number of Topliss-reactive ketones (excluding diaryl/α,β-unsaturated/α-hetero) is 1. The molecule has 0 unspecified atom stereocenters. The van der Waals surface area contributed by atoms with Crippen LogP contribution in [0.1, 0.15) is 54.3 Å². The summed E-state index contributed by atoms with van der Waals surface area (Å²) in [5.74, 6) is 0.687. The van der Waals surface area contributed by atoms with Crippen LogP contribution in [0.25, 0.3) is 0 Å². The van der Waals surface area contributed by atoms with Crippen molar-refractivity contribution in [2.45, 2.75) is 39.0 Å². The van der Waals surface area contributed by atoms with Gasteiger partial charge in [-0.15, -0.1) is 11.3 Å². The van der Waals surface area contributed by atoms with Crippen molar-refractivity contribution in [3.8, 4) is 0 Å². The van der Waals surface area contributed by atoms with Gasteiger partial charge < -0.3 is 15.8 Å². The summed E-state index contributed by atoms with van der Waals surface area (Å²) in [7, 11) is 0. The highest BCUT2D eigenvalue weighted by Gasteiger charge is 2.32. The quantitative estimate of drug-likeness (QED) is 0.567. The lowest BCUT2D eigenvalue weighted by Gasteiger charge is -2.07. The molecule has 3 N–H and O–H groups in total. The predicted molar refractivity (Wildman–Crippen MR) is 80.3 cm³/mol. The normalized spacial score (nSPS) is 14.6. The monoisotopic (exact) mass is 282 g/mol. The van der Waals surface area contributed by atoms with Crippen molar-refractivity contribution in [3.05, 3.63) is 10.4 Å². The SMILES string of the molecule is CCOCCNc1sc(C(=O)CC)c(N)c1C1CC1. The van der Waals surface area contributed by atoms with Crippen LogP contribution >= 0.6 is 11.3 Å². The van der Waals surface area contributed by atoms with Gasteiger partial charge >= 0.3 is 0 Å². The largest absolute Gasteiger partial charge is 0.397 e. The fourth-order valence-corrected chi connectivity index (χ4v) is 3.36. The van der Waals surface area contributed by atoms with Crippen LogP contribution in [0.5, 0.6) is 0 Å². The molecule has 0 bridgehead atoms. The molecule has 0 aliphatic heterocycles. The van der Waals surface area contributed by atoms with E-state index in [1.165, 1.54) is 29.7 Å². The van der Waals surface area contributed by atoms with Gasteiger partial charge in [0.05, 0.1) is 22.2 Å². The lowest BCUT2D eigenvalue weighted by atomic mass is 10.1. The second-order valence-corrected chi connectivity index (χ2v) is 5.78. The second kappa shape index (κ2) is 6.39. The van der Waals surface area contributed by atoms with E-state index in [9.17, 15) is 4.79 Å². The highest BCUT2D eigenvalue weighted by atomic mass is 32.1. The molecule has 19 heavy (non-hydrogen) atoms. The first kappa shape index (κ1) is 14.3. The Morgan fingerprint density at radius 3 is 2.79 bits per heavy atom. The van der Waals surface area contributed by atoms with Crippen molar-refractivity contribution in [2.75, 3.05) is 30.8 Å². The molecule has 106 valence electrons. The van der Waals surface area contributed by atoms with Crippen LogP contribution in [0, 0.1) is 0 Å². The van der Waals surface area contributed by atoms with E-state index in [0.29, 0.717) is 24.6 Å². The number of ketones is 1. The third-order valence-electron chi connectivity index (χ3n) is 3.28. The molecule has 0 aromatic carbocycles. The van der Waals surface area contributed by atoms with E-state index in [1.54, 1.807) is 0 Å². The maximum atomic E-state index is 11.9. The number of thiophene rings is 1. The maximum absolute atomic E-state index is 11.9. The molecule has 1 fully saturated rings. The Morgan fingerprint density at radius 2 is 2.21 bits per heavy atom. The molecule has 0 spiro atoms. The Hall–Kier alpha value is -1.07. The molecule has 1 heterocycles. The van der Waals surface area contributed by atoms with Gasteiger partial charge in [0, 0.05) is 25.1 Å². The van der Waals surface area contributed by atoms with Gasteiger partial charge in [-0.05, 0) is 25.7 Å². The predicted octanol–water partition coefficient (Wildman–Crippen LogP) is 3.25. The van der Waals surface area contributed by atoms with Gasteiger partial charge in [-0.1, -0.05) is 6.92 Å². The highest BCUT2D eigenvalue weighted by Crippen LogP contribution is 2.50. The van der Waals surface area contributed by atoms with Gasteiger partial charge in [0.15, 0.2) is 5.78 Å². The molecule has 5 heteroatoms. The van der Waals surface area contributed by atoms with Crippen LogP contribution in [0.15, 0.2) is 0 Å². The first-order valence-electron chi connectivity index (χ1n) is 6.95. The van der Waals surface area contributed by atoms with Crippen LogP contribution < -0.4 is 11.1 Å². The summed E-state index contributed by atoms with van der Waals surface area (Å²) in [6.45, 7) is 6.02. The molecule has 1 aromatic rings. The van der Waals surface area contributed by atoms with Gasteiger partial charge in [0.2, 0.25) is 0 Å².